The van der Waals surface area contributed by atoms with Gasteiger partial charge in [-0.3, -0.25) is 4.79 Å². The molecule has 0 atom stereocenters. The van der Waals surface area contributed by atoms with E-state index >= 15 is 0 Å². The molecule has 1 aromatic rings. The molecule has 0 aliphatic heterocycles. The molecule has 0 aliphatic carbocycles. The number of hydrogen-bond donors (Lipinski definition) is 1. The molecule has 1 amide bonds. The summed E-state index contributed by atoms with van der Waals surface area (Å²) in [7, 11) is 1.43. The summed E-state index contributed by atoms with van der Waals surface area (Å²) in [6, 6.07) is 5.45. The lowest BCUT2D eigenvalue weighted by Gasteiger charge is -2.03. The minimum atomic E-state index is -3.74. The summed E-state index contributed by atoms with van der Waals surface area (Å²) < 4.78 is 22.0. The summed E-state index contributed by atoms with van der Waals surface area (Å²) in [6.07, 6.45) is 1.88. The summed E-state index contributed by atoms with van der Waals surface area (Å²) in [5.41, 5.74) is 1.50. The van der Waals surface area contributed by atoms with Crippen LogP contribution in [0, 0.1) is 0 Å². The highest BCUT2D eigenvalue weighted by Crippen LogP contribution is 2.15. The molecule has 0 fully saturated rings. The Morgan fingerprint density at radius 3 is 2.28 bits per heavy atom. The molecule has 6 heteroatoms. The first-order valence-electron chi connectivity index (χ1n) is 5.27. The van der Waals surface area contributed by atoms with Crippen molar-refractivity contribution in [1.82, 2.24) is 5.32 Å². The van der Waals surface area contributed by atoms with E-state index in [-0.39, 0.29) is 10.8 Å². The average molecular weight is 288 g/mol. The molecule has 1 aromatic carbocycles. The monoisotopic (exact) mass is 287 g/mol. The van der Waals surface area contributed by atoms with Crippen molar-refractivity contribution in [2.45, 2.75) is 18.7 Å². The quantitative estimate of drug-likeness (QED) is 0.683. The number of rotatable bonds is 4. The van der Waals surface area contributed by atoms with E-state index in [0.717, 1.165) is 5.57 Å². The fraction of sp³-hybridized carbons (Fsp3) is 0.250. The molecule has 18 heavy (non-hydrogen) atoms. The Morgan fingerprint density at radius 1 is 1.28 bits per heavy atom. The van der Waals surface area contributed by atoms with Crippen LogP contribution in [0.5, 0.6) is 0 Å². The second kappa shape index (κ2) is 6.02. The first kappa shape index (κ1) is 14.7. The molecule has 0 unspecified atom stereocenters. The van der Waals surface area contributed by atoms with Gasteiger partial charge >= 0.3 is 0 Å². The third-order valence-corrected chi connectivity index (χ3v) is 3.54. The molecule has 0 heterocycles. The van der Waals surface area contributed by atoms with Crippen LogP contribution in [0.15, 0.2) is 40.8 Å². The maximum absolute atomic E-state index is 11.7. The van der Waals surface area contributed by atoms with Crippen molar-refractivity contribution in [3.05, 3.63) is 41.5 Å². The van der Waals surface area contributed by atoms with Crippen LogP contribution in [0.4, 0.5) is 0 Å². The normalized spacial score (nSPS) is 10.8. The maximum Gasteiger partial charge on any atom is 0.261 e. The van der Waals surface area contributed by atoms with Gasteiger partial charge < -0.3 is 5.32 Å². The number of carbonyl (C=O) groups excluding carboxylic acids is 1. The Kier molecular flexibility index (Phi) is 4.93. The zero-order chi connectivity index (χ0) is 13.8. The molecular weight excluding hydrogens is 274 g/mol. The highest BCUT2D eigenvalue weighted by Gasteiger charge is 2.11. The number of halogens is 1. The third kappa shape index (κ3) is 4.50. The largest absolute Gasteiger partial charge is 0.349 e. The summed E-state index contributed by atoms with van der Waals surface area (Å²) in [6.45, 7) is 4.31. The summed E-state index contributed by atoms with van der Waals surface area (Å²) in [5.74, 6) is -0.258. The Balaban J connectivity index is 2.74. The van der Waals surface area contributed by atoms with Gasteiger partial charge in [-0.15, -0.1) is 0 Å². The fourth-order valence-corrected chi connectivity index (χ4v) is 1.99. The second-order valence-corrected chi connectivity index (χ2v) is 6.52. The van der Waals surface area contributed by atoms with Crippen LogP contribution in [0.25, 0.3) is 0 Å². The van der Waals surface area contributed by atoms with Crippen molar-refractivity contribution in [2.24, 2.45) is 0 Å². The van der Waals surface area contributed by atoms with Crippen molar-refractivity contribution in [3.8, 4) is 0 Å². The lowest BCUT2D eigenvalue weighted by molar-refractivity contribution is 0.0958. The maximum atomic E-state index is 11.7. The van der Waals surface area contributed by atoms with Gasteiger partial charge in [-0.05, 0) is 38.1 Å². The number of hydrogen-bond acceptors (Lipinski definition) is 3. The highest BCUT2D eigenvalue weighted by molar-refractivity contribution is 8.13. The van der Waals surface area contributed by atoms with Gasteiger partial charge in [0.15, 0.2) is 0 Å². The predicted octanol–water partition coefficient (Wildman–Crippen LogP) is 2.31. The van der Waals surface area contributed by atoms with Crippen LogP contribution < -0.4 is 5.32 Å². The molecule has 0 radical (unpaired) electrons. The van der Waals surface area contributed by atoms with Crippen molar-refractivity contribution in [2.75, 3.05) is 6.54 Å². The Labute approximate surface area is 111 Å². The molecule has 1 rings (SSSR count). The Bertz CT molecular complexity index is 557. The molecule has 4 nitrogen and oxygen atoms in total. The molecule has 0 bridgehead atoms. The number of amides is 1. The molecule has 1 N–H and O–H groups in total. The van der Waals surface area contributed by atoms with Crippen LogP contribution in [0.3, 0.4) is 0 Å². The summed E-state index contributed by atoms with van der Waals surface area (Å²) >= 11 is 0. The van der Waals surface area contributed by atoms with Gasteiger partial charge in [0.1, 0.15) is 0 Å². The van der Waals surface area contributed by atoms with E-state index < -0.39 is 9.05 Å². The van der Waals surface area contributed by atoms with E-state index in [9.17, 15) is 13.2 Å². The third-order valence-electron chi connectivity index (χ3n) is 2.17. The van der Waals surface area contributed by atoms with E-state index in [1.54, 1.807) is 0 Å². The van der Waals surface area contributed by atoms with Crippen LogP contribution in [-0.4, -0.2) is 20.9 Å². The van der Waals surface area contributed by atoms with E-state index in [2.05, 4.69) is 5.32 Å². The SMILES string of the molecule is CC(C)=CCNC(=O)c1ccc(S(=O)(=O)Cl)cc1. The smallest absolute Gasteiger partial charge is 0.261 e. The number of nitrogens with one attached hydrogen (secondary N) is 1. The van der Waals surface area contributed by atoms with Crippen molar-refractivity contribution in [3.63, 3.8) is 0 Å². The molecule has 98 valence electrons. The van der Waals surface area contributed by atoms with E-state index in [4.69, 9.17) is 10.7 Å². The van der Waals surface area contributed by atoms with Crippen LogP contribution in [0.2, 0.25) is 0 Å². The van der Waals surface area contributed by atoms with Gasteiger partial charge in [-0.25, -0.2) is 8.42 Å². The summed E-state index contributed by atoms with van der Waals surface area (Å²) in [5, 5.41) is 2.69. The molecule has 0 spiro atoms. The second-order valence-electron chi connectivity index (χ2n) is 3.95. The topological polar surface area (TPSA) is 63.2 Å². The molecule has 0 saturated heterocycles. The first-order chi connectivity index (χ1) is 8.30. The highest BCUT2D eigenvalue weighted by atomic mass is 35.7. The van der Waals surface area contributed by atoms with Crippen molar-refractivity contribution >= 4 is 25.6 Å². The van der Waals surface area contributed by atoms with Gasteiger partial charge in [0.2, 0.25) is 0 Å². The van der Waals surface area contributed by atoms with E-state index in [1.807, 2.05) is 19.9 Å². The number of allylic oxidation sites excluding steroid dienone is 1. The zero-order valence-electron chi connectivity index (χ0n) is 10.1. The summed E-state index contributed by atoms with van der Waals surface area (Å²) in [4.78, 5) is 11.6. The zero-order valence-corrected chi connectivity index (χ0v) is 11.7. The van der Waals surface area contributed by atoms with Crippen LogP contribution >= 0.6 is 10.7 Å². The number of carbonyl (C=O) groups is 1. The van der Waals surface area contributed by atoms with Gasteiger partial charge in [0, 0.05) is 22.8 Å². The van der Waals surface area contributed by atoms with Crippen LogP contribution in [-0.2, 0) is 9.05 Å². The first-order valence-corrected chi connectivity index (χ1v) is 7.58. The van der Waals surface area contributed by atoms with Gasteiger partial charge in [-0.1, -0.05) is 11.6 Å². The predicted molar refractivity (Wildman–Crippen MR) is 71.2 cm³/mol. The van der Waals surface area contributed by atoms with Gasteiger partial charge in [-0.2, -0.15) is 0 Å². The van der Waals surface area contributed by atoms with E-state index in [1.165, 1.54) is 24.3 Å². The Morgan fingerprint density at radius 2 is 1.83 bits per heavy atom. The van der Waals surface area contributed by atoms with Crippen molar-refractivity contribution in [1.29, 1.82) is 0 Å². The minimum absolute atomic E-state index is 0.0231. The molecule has 0 aliphatic rings. The standard InChI is InChI=1S/C12H14ClNO3S/c1-9(2)7-8-14-12(15)10-3-5-11(6-4-10)18(13,16)17/h3-7H,8H2,1-2H3,(H,14,15). The van der Waals surface area contributed by atoms with Gasteiger partial charge in [0.25, 0.3) is 15.0 Å². The molecule has 0 aromatic heterocycles. The van der Waals surface area contributed by atoms with Crippen molar-refractivity contribution < 1.29 is 13.2 Å². The Hall–Kier alpha value is -1.33. The molecular formula is C12H14ClNO3S. The van der Waals surface area contributed by atoms with Gasteiger partial charge in [0.05, 0.1) is 4.90 Å². The van der Waals surface area contributed by atoms with E-state index in [0.29, 0.717) is 12.1 Å². The fourth-order valence-electron chi connectivity index (χ4n) is 1.22. The lowest BCUT2D eigenvalue weighted by Crippen LogP contribution is -2.23. The number of benzene rings is 1. The lowest BCUT2D eigenvalue weighted by atomic mass is 10.2. The van der Waals surface area contributed by atoms with Crippen LogP contribution in [0.1, 0.15) is 24.2 Å². The minimum Gasteiger partial charge on any atom is -0.349 e. The molecule has 0 saturated carbocycles. The average Bonchev–Trinajstić information content (AvgIpc) is 2.27.